The lowest BCUT2D eigenvalue weighted by Crippen LogP contribution is -2.36. The van der Waals surface area contributed by atoms with Crippen molar-refractivity contribution < 1.29 is 18.3 Å². The third kappa shape index (κ3) is 3.74. The van der Waals surface area contributed by atoms with E-state index in [4.69, 9.17) is 5.11 Å². The normalized spacial score (nSPS) is 13.1. The number of sulfonamides is 1. The van der Waals surface area contributed by atoms with Crippen LogP contribution in [-0.2, 0) is 14.8 Å². The summed E-state index contributed by atoms with van der Waals surface area (Å²) in [5.74, 6) is -1.78. The van der Waals surface area contributed by atoms with Crippen LogP contribution in [0.2, 0.25) is 0 Å². The highest BCUT2D eigenvalue weighted by atomic mass is 32.2. The van der Waals surface area contributed by atoms with E-state index in [9.17, 15) is 13.2 Å². The van der Waals surface area contributed by atoms with Crippen LogP contribution in [-0.4, -0.2) is 32.3 Å². The Morgan fingerprint density at radius 3 is 2.29 bits per heavy atom. The van der Waals surface area contributed by atoms with Crippen molar-refractivity contribution in [1.82, 2.24) is 0 Å². The van der Waals surface area contributed by atoms with E-state index in [0.717, 1.165) is 10.6 Å². The van der Waals surface area contributed by atoms with Gasteiger partial charge in [-0.05, 0) is 12.1 Å². The summed E-state index contributed by atoms with van der Waals surface area (Å²) >= 11 is 0. The largest absolute Gasteiger partial charge is 0.481 e. The molecule has 0 aliphatic rings. The number of anilines is 1. The summed E-state index contributed by atoms with van der Waals surface area (Å²) < 4.78 is 24.3. The third-order valence-corrected chi connectivity index (χ3v) is 3.47. The Balaban J connectivity index is 3.03. The average molecular weight is 257 g/mol. The molecule has 0 aromatic heterocycles. The number of para-hydroxylation sites is 1. The maximum absolute atomic E-state index is 11.6. The first-order chi connectivity index (χ1) is 7.82. The second-order valence-corrected chi connectivity index (χ2v) is 5.78. The van der Waals surface area contributed by atoms with Gasteiger partial charge in [0.2, 0.25) is 10.0 Å². The fourth-order valence-corrected chi connectivity index (χ4v) is 2.35. The van der Waals surface area contributed by atoms with Crippen molar-refractivity contribution in [2.45, 2.75) is 6.92 Å². The Labute approximate surface area is 101 Å². The molecule has 0 radical (unpaired) electrons. The van der Waals surface area contributed by atoms with E-state index in [1.165, 1.54) is 6.92 Å². The Morgan fingerprint density at radius 2 is 1.88 bits per heavy atom. The van der Waals surface area contributed by atoms with Gasteiger partial charge in [0.05, 0.1) is 17.9 Å². The van der Waals surface area contributed by atoms with Gasteiger partial charge in [-0.25, -0.2) is 8.42 Å². The first-order valence-electron chi connectivity index (χ1n) is 5.08. The van der Waals surface area contributed by atoms with Crippen molar-refractivity contribution in [3.8, 4) is 0 Å². The predicted molar refractivity (Wildman–Crippen MR) is 65.4 cm³/mol. The second kappa shape index (κ2) is 5.18. The molecule has 1 atom stereocenters. The second-order valence-electron chi connectivity index (χ2n) is 3.87. The maximum atomic E-state index is 11.6. The van der Waals surface area contributed by atoms with Gasteiger partial charge in [-0.15, -0.1) is 0 Å². The molecule has 0 saturated carbocycles. The number of carbonyl (C=O) groups is 1. The van der Waals surface area contributed by atoms with Crippen LogP contribution in [0, 0.1) is 5.92 Å². The molecule has 0 spiro atoms. The van der Waals surface area contributed by atoms with Gasteiger partial charge in [-0.2, -0.15) is 0 Å². The molecular weight excluding hydrogens is 242 g/mol. The van der Waals surface area contributed by atoms with Crippen LogP contribution in [0.3, 0.4) is 0 Å². The van der Waals surface area contributed by atoms with Gasteiger partial charge in [0.1, 0.15) is 0 Å². The quantitative estimate of drug-likeness (QED) is 0.859. The monoisotopic (exact) mass is 257 g/mol. The average Bonchev–Trinajstić information content (AvgIpc) is 2.25. The number of benzene rings is 1. The summed E-state index contributed by atoms with van der Waals surface area (Å²) in [6.45, 7) is 1.40. The van der Waals surface area contributed by atoms with Gasteiger partial charge in [0, 0.05) is 6.54 Å². The topological polar surface area (TPSA) is 74.7 Å². The summed E-state index contributed by atoms with van der Waals surface area (Å²) in [6.07, 6.45) is 1.06. The maximum Gasteiger partial charge on any atom is 0.308 e. The van der Waals surface area contributed by atoms with Crippen molar-refractivity contribution >= 4 is 21.7 Å². The number of hydrogen-bond acceptors (Lipinski definition) is 3. The molecule has 17 heavy (non-hydrogen) atoms. The first-order valence-corrected chi connectivity index (χ1v) is 6.92. The van der Waals surface area contributed by atoms with Gasteiger partial charge in [-0.1, -0.05) is 25.1 Å². The Kier molecular flexibility index (Phi) is 4.11. The molecule has 0 heterocycles. The molecule has 1 rings (SSSR count). The van der Waals surface area contributed by atoms with Crippen LogP contribution in [0.4, 0.5) is 5.69 Å². The fraction of sp³-hybridized carbons (Fsp3) is 0.364. The lowest BCUT2D eigenvalue weighted by Gasteiger charge is -2.24. The standard InChI is InChI=1S/C11H15NO4S/c1-9(11(13)14)8-12(17(2,15)16)10-6-4-3-5-7-10/h3-7,9H,8H2,1-2H3,(H,13,14). The smallest absolute Gasteiger partial charge is 0.308 e. The van der Waals surface area contributed by atoms with Crippen LogP contribution < -0.4 is 4.31 Å². The van der Waals surface area contributed by atoms with Gasteiger partial charge in [-0.3, -0.25) is 9.10 Å². The van der Waals surface area contributed by atoms with Crippen molar-refractivity contribution in [3.63, 3.8) is 0 Å². The van der Waals surface area contributed by atoms with Crippen LogP contribution in [0.1, 0.15) is 6.92 Å². The molecule has 0 fully saturated rings. The molecule has 0 bridgehead atoms. The molecule has 1 unspecified atom stereocenters. The first kappa shape index (κ1) is 13.5. The lowest BCUT2D eigenvalue weighted by atomic mass is 10.2. The van der Waals surface area contributed by atoms with Gasteiger partial charge in [0.25, 0.3) is 0 Å². The molecule has 6 heteroatoms. The zero-order valence-electron chi connectivity index (χ0n) is 9.70. The molecule has 0 saturated heterocycles. The molecule has 94 valence electrons. The van der Waals surface area contributed by atoms with E-state index in [1.54, 1.807) is 30.3 Å². The Bertz CT molecular complexity index is 483. The SMILES string of the molecule is CC(CN(c1ccccc1)S(C)(=O)=O)C(=O)O. The number of carboxylic acids is 1. The van der Waals surface area contributed by atoms with Crippen molar-refractivity contribution in [2.75, 3.05) is 17.1 Å². The summed E-state index contributed by atoms with van der Waals surface area (Å²) in [5.41, 5.74) is 0.475. The third-order valence-electron chi connectivity index (χ3n) is 2.31. The molecule has 1 aromatic rings. The minimum atomic E-state index is -3.48. The Morgan fingerprint density at radius 1 is 1.35 bits per heavy atom. The van der Waals surface area contributed by atoms with Gasteiger partial charge >= 0.3 is 5.97 Å². The number of rotatable bonds is 5. The molecule has 0 aliphatic carbocycles. The summed E-state index contributed by atoms with van der Waals surface area (Å²) in [7, 11) is -3.48. The van der Waals surface area contributed by atoms with Crippen molar-refractivity contribution in [2.24, 2.45) is 5.92 Å². The molecule has 5 nitrogen and oxygen atoms in total. The van der Waals surface area contributed by atoms with Gasteiger partial charge in [0.15, 0.2) is 0 Å². The zero-order chi connectivity index (χ0) is 13.1. The minimum absolute atomic E-state index is 0.0713. The van der Waals surface area contributed by atoms with Crippen molar-refractivity contribution in [3.05, 3.63) is 30.3 Å². The Hall–Kier alpha value is -1.56. The van der Waals surface area contributed by atoms with E-state index < -0.39 is 21.9 Å². The highest BCUT2D eigenvalue weighted by molar-refractivity contribution is 7.92. The minimum Gasteiger partial charge on any atom is -0.481 e. The highest BCUT2D eigenvalue weighted by Gasteiger charge is 2.22. The molecule has 0 amide bonds. The lowest BCUT2D eigenvalue weighted by molar-refractivity contribution is -0.140. The number of nitrogens with zero attached hydrogens (tertiary/aromatic N) is 1. The molecular formula is C11H15NO4S. The fourth-order valence-electron chi connectivity index (χ4n) is 1.35. The zero-order valence-corrected chi connectivity index (χ0v) is 10.5. The van der Waals surface area contributed by atoms with Crippen LogP contribution in [0.15, 0.2) is 30.3 Å². The molecule has 1 aromatic carbocycles. The van der Waals surface area contributed by atoms with E-state index in [0.29, 0.717) is 5.69 Å². The molecule has 0 aliphatic heterocycles. The van der Waals surface area contributed by atoms with Crippen LogP contribution >= 0.6 is 0 Å². The van der Waals surface area contributed by atoms with E-state index in [1.807, 2.05) is 0 Å². The van der Waals surface area contributed by atoms with E-state index in [2.05, 4.69) is 0 Å². The van der Waals surface area contributed by atoms with E-state index >= 15 is 0 Å². The van der Waals surface area contributed by atoms with Crippen LogP contribution in [0.5, 0.6) is 0 Å². The summed E-state index contributed by atoms with van der Waals surface area (Å²) in [5, 5.41) is 8.82. The highest BCUT2D eigenvalue weighted by Crippen LogP contribution is 2.18. The van der Waals surface area contributed by atoms with E-state index in [-0.39, 0.29) is 6.54 Å². The summed E-state index contributed by atoms with van der Waals surface area (Å²) in [6, 6.07) is 8.45. The number of aliphatic carboxylic acids is 1. The van der Waals surface area contributed by atoms with Crippen molar-refractivity contribution in [1.29, 1.82) is 0 Å². The molecule has 1 N–H and O–H groups in total. The number of hydrogen-bond donors (Lipinski definition) is 1. The summed E-state index contributed by atoms with van der Waals surface area (Å²) in [4.78, 5) is 10.8. The van der Waals surface area contributed by atoms with Gasteiger partial charge < -0.3 is 5.11 Å². The van der Waals surface area contributed by atoms with Crippen LogP contribution in [0.25, 0.3) is 0 Å². The number of carboxylic acid groups (broad SMARTS) is 1. The predicted octanol–water partition coefficient (Wildman–Crippen LogP) is 1.17.